The van der Waals surface area contributed by atoms with Gasteiger partial charge in [0.1, 0.15) is 11.4 Å². The van der Waals surface area contributed by atoms with Crippen LogP contribution in [0.2, 0.25) is 0 Å². The molecule has 100 valence electrons. The van der Waals surface area contributed by atoms with Crippen LogP contribution in [0, 0.1) is 5.82 Å². The van der Waals surface area contributed by atoms with Gasteiger partial charge in [0.2, 0.25) is 6.17 Å². The monoisotopic (exact) mass is 322 g/mol. The molecule has 3 nitrogen and oxygen atoms in total. The van der Waals surface area contributed by atoms with E-state index in [2.05, 4.69) is 20.7 Å². The maximum Gasteiger partial charge on any atom is 0.344 e. The molecule has 1 aromatic carbocycles. The summed E-state index contributed by atoms with van der Waals surface area (Å²) in [5, 5.41) is 10.0. The Labute approximate surface area is 112 Å². The second kappa shape index (κ2) is 5.75. The van der Waals surface area contributed by atoms with E-state index in [4.69, 9.17) is 0 Å². The molecule has 0 heterocycles. The van der Waals surface area contributed by atoms with Crippen LogP contribution in [0.25, 0.3) is 0 Å². The lowest BCUT2D eigenvalue weighted by Crippen LogP contribution is -2.40. The van der Waals surface area contributed by atoms with Gasteiger partial charge in [-0.15, -0.1) is 0 Å². The SMILES string of the molecule is CCOC(=O)C(F)C(C)(O)c1ccc(F)c(Br)c1. The van der Waals surface area contributed by atoms with Crippen molar-refractivity contribution < 1.29 is 23.4 Å². The van der Waals surface area contributed by atoms with Crippen molar-refractivity contribution in [2.75, 3.05) is 6.61 Å². The zero-order valence-corrected chi connectivity index (χ0v) is 11.5. The second-order valence-electron chi connectivity index (χ2n) is 3.89. The second-order valence-corrected chi connectivity index (χ2v) is 4.75. The quantitative estimate of drug-likeness (QED) is 0.867. The Morgan fingerprint density at radius 3 is 2.72 bits per heavy atom. The average Bonchev–Trinajstić information content (AvgIpc) is 2.31. The molecule has 2 atom stereocenters. The number of esters is 1. The molecule has 1 N–H and O–H groups in total. The summed E-state index contributed by atoms with van der Waals surface area (Å²) in [6.07, 6.45) is -2.24. The number of alkyl halides is 1. The highest BCUT2D eigenvalue weighted by atomic mass is 79.9. The van der Waals surface area contributed by atoms with E-state index in [1.54, 1.807) is 0 Å². The van der Waals surface area contributed by atoms with Crippen LogP contribution in [0.3, 0.4) is 0 Å². The van der Waals surface area contributed by atoms with Gasteiger partial charge in [0.05, 0.1) is 11.1 Å². The predicted octanol–water partition coefficient (Wildman–Crippen LogP) is 2.70. The summed E-state index contributed by atoms with van der Waals surface area (Å²) >= 11 is 2.93. The molecular formula is C12H13BrF2O3. The zero-order chi connectivity index (χ0) is 13.9. The summed E-state index contributed by atoms with van der Waals surface area (Å²) in [7, 11) is 0. The zero-order valence-electron chi connectivity index (χ0n) is 9.91. The molecule has 0 amide bonds. The maximum absolute atomic E-state index is 13.8. The van der Waals surface area contributed by atoms with Crippen molar-refractivity contribution >= 4 is 21.9 Å². The lowest BCUT2D eigenvalue weighted by Gasteiger charge is -2.26. The fraction of sp³-hybridized carbons (Fsp3) is 0.417. The first kappa shape index (κ1) is 15.0. The van der Waals surface area contributed by atoms with Gasteiger partial charge in [0, 0.05) is 0 Å². The number of carbonyl (C=O) groups is 1. The molecule has 2 unspecified atom stereocenters. The largest absolute Gasteiger partial charge is 0.464 e. The van der Waals surface area contributed by atoms with Gasteiger partial charge in [-0.1, -0.05) is 6.07 Å². The molecule has 0 bridgehead atoms. The number of rotatable bonds is 4. The van der Waals surface area contributed by atoms with Crippen LogP contribution in [-0.2, 0) is 15.1 Å². The van der Waals surface area contributed by atoms with E-state index in [1.165, 1.54) is 19.1 Å². The van der Waals surface area contributed by atoms with E-state index in [9.17, 15) is 18.7 Å². The number of hydrogen-bond donors (Lipinski definition) is 1. The van der Waals surface area contributed by atoms with Crippen LogP contribution < -0.4 is 0 Å². The molecule has 1 aromatic rings. The normalized spacial score (nSPS) is 15.9. The summed E-state index contributed by atoms with van der Waals surface area (Å²) in [6.45, 7) is 2.69. The number of ether oxygens (including phenoxy) is 1. The summed E-state index contributed by atoms with van der Waals surface area (Å²) in [4.78, 5) is 11.3. The minimum Gasteiger partial charge on any atom is -0.464 e. The van der Waals surface area contributed by atoms with Crippen molar-refractivity contribution in [2.45, 2.75) is 25.6 Å². The summed E-state index contributed by atoms with van der Waals surface area (Å²) in [5.41, 5.74) is -2.00. The minimum atomic E-state index is -2.24. The van der Waals surface area contributed by atoms with Crippen molar-refractivity contribution in [2.24, 2.45) is 0 Å². The fourth-order valence-corrected chi connectivity index (χ4v) is 1.78. The van der Waals surface area contributed by atoms with E-state index in [0.29, 0.717) is 0 Å². The Bertz CT molecular complexity index is 449. The fourth-order valence-electron chi connectivity index (χ4n) is 1.40. The third-order valence-corrected chi connectivity index (χ3v) is 3.10. The number of aliphatic hydroxyl groups is 1. The van der Waals surface area contributed by atoms with Crippen LogP contribution in [0.5, 0.6) is 0 Å². The summed E-state index contributed by atoms with van der Waals surface area (Å²) < 4.78 is 31.5. The Morgan fingerprint density at radius 1 is 1.61 bits per heavy atom. The van der Waals surface area contributed by atoms with Crippen molar-refractivity contribution in [3.63, 3.8) is 0 Å². The van der Waals surface area contributed by atoms with Crippen LogP contribution in [0.4, 0.5) is 8.78 Å². The van der Waals surface area contributed by atoms with Crippen LogP contribution in [0.15, 0.2) is 22.7 Å². The molecule has 0 spiro atoms. The van der Waals surface area contributed by atoms with E-state index >= 15 is 0 Å². The Hall–Kier alpha value is -1.01. The highest BCUT2D eigenvalue weighted by Gasteiger charge is 2.40. The maximum atomic E-state index is 13.8. The van der Waals surface area contributed by atoms with Crippen molar-refractivity contribution in [3.8, 4) is 0 Å². The van der Waals surface area contributed by atoms with Crippen molar-refractivity contribution in [1.82, 2.24) is 0 Å². The van der Waals surface area contributed by atoms with Crippen molar-refractivity contribution in [1.29, 1.82) is 0 Å². The van der Waals surface area contributed by atoms with Gasteiger partial charge in [-0.05, 0) is 47.5 Å². The molecular weight excluding hydrogens is 310 g/mol. The Kier molecular flexibility index (Phi) is 4.81. The van der Waals surface area contributed by atoms with Crippen LogP contribution >= 0.6 is 15.9 Å². The van der Waals surface area contributed by atoms with Gasteiger partial charge in [0.15, 0.2) is 0 Å². The first-order valence-corrected chi connectivity index (χ1v) is 6.08. The lowest BCUT2D eigenvalue weighted by atomic mass is 9.91. The van der Waals surface area contributed by atoms with Gasteiger partial charge >= 0.3 is 5.97 Å². The molecule has 6 heteroatoms. The molecule has 0 aliphatic carbocycles. The number of benzene rings is 1. The lowest BCUT2D eigenvalue weighted by molar-refractivity contribution is -0.160. The Balaban J connectivity index is 3.04. The molecule has 0 saturated carbocycles. The molecule has 0 fully saturated rings. The molecule has 0 saturated heterocycles. The molecule has 1 rings (SSSR count). The Morgan fingerprint density at radius 2 is 2.22 bits per heavy atom. The van der Waals surface area contributed by atoms with Crippen LogP contribution in [-0.4, -0.2) is 23.9 Å². The van der Waals surface area contributed by atoms with E-state index in [1.807, 2.05) is 0 Å². The number of carbonyl (C=O) groups excluding carboxylic acids is 1. The number of halogens is 3. The van der Waals surface area contributed by atoms with Gasteiger partial charge in [-0.25, -0.2) is 13.6 Å². The standard InChI is InChI=1S/C12H13BrF2O3/c1-3-18-11(16)10(15)12(2,17)7-4-5-9(14)8(13)6-7/h4-6,10,17H,3H2,1-2H3. The summed E-state index contributed by atoms with van der Waals surface area (Å²) in [5.74, 6) is -1.69. The molecule has 18 heavy (non-hydrogen) atoms. The van der Waals surface area contributed by atoms with Gasteiger partial charge in [-0.3, -0.25) is 0 Å². The first-order chi connectivity index (χ1) is 8.30. The molecule has 0 aromatic heterocycles. The average molecular weight is 323 g/mol. The van der Waals surface area contributed by atoms with Crippen molar-refractivity contribution in [3.05, 3.63) is 34.1 Å². The molecule has 0 aliphatic heterocycles. The highest BCUT2D eigenvalue weighted by molar-refractivity contribution is 9.10. The van der Waals surface area contributed by atoms with E-state index in [0.717, 1.165) is 13.0 Å². The third kappa shape index (κ3) is 3.05. The predicted molar refractivity (Wildman–Crippen MR) is 65.2 cm³/mol. The smallest absolute Gasteiger partial charge is 0.344 e. The first-order valence-electron chi connectivity index (χ1n) is 5.29. The highest BCUT2D eigenvalue weighted by Crippen LogP contribution is 2.30. The number of hydrogen-bond acceptors (Lipinski definition) is 3. The minimum absolute atomic E-state index is 0.0163. The van der Waals surface area contributed by atoms with E-state index in [-0.39, 0.29) is 16.6 Å². The van der Waals surface area contributed by atoms with Gasteiger partial charge in [0.25, 0.3) is 0 Å². The molecule has 0 aliphatic rings. The topological polar surface area (TPSA) is 46.5 Å². The van der Waals surface area contributed by atoms with Crippen LogP contribution in [0.1, 0.15) is 19.4 Å². The van der Waals surface area contributed by atoms with Gasteiger partial charge < -0.3 is 9.84 Å². The molecule has 0 radical (unpaired) electrons. The summed E-state index contributed by atoms with van der Waals surface area (Å²) in [6, 6.07) is 3.51. The van der Waals surface area contributed by atoms with E-state index < -0.39 is 23.6 Å². The third-order valence-electron chi connectivity index (χ3n) is 2.49. The van der Waals surface area contributed by atoms with Gasteiger partial charge in [-0.2, -0.15) is 0 Å².